The number of sulfonamides is 1. The summed E-state index contributed by atoms with van der Waals surface area (Å²) in [4.78, 5) is 35.0. The molecule has 15 heteroatoms. The van der Waals surface area contributed by atoms with Gasteiger partial charge in [-0.1, -0.05) is 40.3 Å². The number of hydrogen-bond donors (Lipinski definition) is 1. The quantitative estimate of drug-likeness (QED) is 0.249. The first kappa shape index (κ1) is 34.7. The van der Waals surface area contributed by atoms with Crippen molar-refractivity contribution in [2.24, 2.45) is 0 Å². The molecule has 4 aromatic rings. The molecule has 6 rings (SSSR count). The number of anilines is 2. The monoisotopic (exact) mass is 708 g/mol. The van der Waals surface area contributed by atoms with Crippen LogP contribution in [0.5, 0.6) is 17.2 Å². The van der Waals surface area contributed by atoms with E-state index in [1.807, 2.05) is 6.07 Å². The van der Waals surface area contributed by atoms with Crippen LogP contribution in [0, 0.1) is 22.7 Å². The molecule has 2 aliphatic heterocycles. The number of pyridine rings is 1. The van der Waals surface area contributed by atoms with Crippen molar-refractivity contribution in [2.75, 3.05) is 44.1 Å². The van der Waals surface area contributed by atoms with E-state index >= 15 is 13.2 Å². The van der Waals surface area contributed by atoms with Gasteiger partial charge < -0.3 is 34.3 Å². The predicted octanol–water partition coefficient (Wildman–Crippen LogP) is 3.26. The van der Waals surface area contributed by atoms with Gasteiger partial charge in [-0.3, -0.25) is 0 Å². The number of benzene rings is 3. The minimum Gasteiger partial charge on any atom is -0.497 e. The number of nitrogens with zero attached hydrogens (tertiary/aromatic N) is 5. The molecule has 1 N–H and O–H groups in total. The fraction of sp³-hybridized carbons (Fsp3) is 0.250. The molecule has 1 fully saturated rings. The van der Waals surface area contributed by atoms with E-state index in [0.717, 1.165) is 6.07 Å². The summed E-state index contributed by atoms with van der Waals surface area (Å²) in [6.07, 6.45) is -0.963. The smallest absolute Gasteiger partial charge is 0.366 e. The summed E-state index contributed by atoms with van der Waals surface area (Å²) in [5, 5.41) is 37.9. The first-order valence-electron chi connectivity index (χ1n) is 15.8. The van der Waals surface area contributed by atoms with Crippen LogP contribution in [0.1, 0.15) is 29.5 Å². The number of aromatic nitrogens is 1. The van der Waals surface area contributed by atoms with Crippen molar-refractivity contribution < 1.29 is 41.2 Å². The third-order valence-electron chi connectivity index (χ3n) is 9.33. The van der Waals surface area contributed by atoms with E-state index in [1.54, 1.807) is 49.4 Å². The van der Waals surface area contributed by atoms with Crippen LogP contribution in [-0.4, -0.2) is 69.2 Å². The summed E-state index contributed by atoms with van der Waals surface area (Å²) in [6, 6.07) is 22.2. The standard InChI is InChI=1S/C36H32N6O8S/c1-4-50-30-12-8-6-10-27(30)36(28-21-40-29-11-7-5-9-26(28)29)34(43)42(35(44)45,51(46,47)32-14-13-25(48-2)18-31(32)49-3)22-24(20-38)41(36)33-17-23(19-37)15-16-39-33/h5-18,24,28,40H,4,21-22H2,1-3H3. The summed E-state index contributed by atoms with van der Waals surface area (Å²) < 4.78 is 44.6. The van der Waals surface area contributed by atoms with Crippen LogP contribution in [-0.2, 0) is 20.4 Å². The molecule has 2 amide bonds. The lowest BCUT2D eigenvalue weighted by molar-refractivity contribution is -0.693. The summed E-state index contributed by atoms with van der Waals surface area (Å²) >= 11 is 0. The fourth-order valence-electron chi connectivity index (χ4n) is 7.18. The first-order valence-corrected chi connectivity index (χ1v) is 17.2. The molecule has 14 nitrogen and oxygen atoms in total. The number of amides is 2. The Balaban J connectivity index is 1.81. The molecular formula is C36H32N6O8S. The maximum atomic E-state index is 16.1. The van der Waals surface area contributed by atoms with Crippen molar-refractivity contribution in [1.29, 1.82) is 10.5 Å². The van der Waals surface area contributed by atoms with E-state index in [0.29, 0.717) is 11.3 Å². The van der Waals surface area contributed by atoms with E-state index in [2.05, 4.69) is 16.4 Å². The number of carbonyl (C=O) groups excluding carboxylic acids is 2. The van der Waals surface area contributed by atoms with Crippen molar-refractivity contribution in [3.8, 4) is 29.4 Å². The number of carboxylic acid groups (broad SMARTS) is 1. The van der Waals surface area contributed by atoms with E-state index in [1.165, 1.54) is 55.6 Å². The van der Waals surface area contributed by atoms with Crippen LogP contribution in [0.25, 0.3) is 0 Å². The molecule has 1 aromatic heterocycles. The van der Waals surface area contributed by atoms with Gasteiger partial charge >= 0.3 is 15.9 Å². The third kappa shape index (κ3) is 5.09. The fourth-order valence-corrected chi connectivity index (χ4v) is 9.04. The molecule has 4 atom stereocenters. The molecule has 3 heterocycles. The topological polar surface area (TPSA) is 195 Å². The zero-order chi connectivity index (χ0) is 36.6. The van der Waals surface area contributed by atoms with Crippen LogP contribution in [0.2, 0.25) is 0 Å². The molecular weight excluding hydrogens is 676 g/mol. The number of nitrogens with one attached hydrogen (secondary N) is 1. The molecule has 0 aliphatic carbocycles. The summed E-state index contributed by atoms with van der Waals surface area (Å²) in [7, 11) is -2.84. The zero-order valence-electron chi connectivity index (χ0n) is 27.8. The average Bonchev–Trinajstić information content (AvgIpc) is 3.59. The second-order valence-electron chi connectivity index (χ2n) is 11.7. The highest BCUT2D eigenvalue weighted by atomic mass is 32.2. The maximum absolute atomic E-state index is 16.1. The van der Waals surface area contributed by atoms with Gasteiger partial charge in [0.25, 0.3) is 6.09 Å². The molecule has 0 bridgehead atoms. The summed E-state index contributed by atoms with van der Waals surface area (Å²) in [5.41, 5.74) is -1.02. The Morgan fingerprint density at radius 2 is 1.80 bits per heavy atom. The van der Waals surface area contributed by atoms with Gasteiger partial charge in [0.15, 0.2) is 16.5 Å². The number of nitriles is 2. The van der Waals surface area contributed by atoms with Gasteiger partial charge in [0.2, 0.25) is 0 Å². The molecule has 51 heavy (non-hydrogen) atoms. The molecule has 0 saturated carbocycles. The van der Waals surface area contributed by atoms with Crippen LogP contribution < -0.4 is 29.5 Å². The van der Waals surface area contributed by atoms with Crippen molar-refractivity contribution >= 4 is 33.5 Å². The Hall–Kier alpha value is -6.16. The van der Waals surface area contributed by atoms with Gasteiger partial charge in [-0.05, 0) is 48.9 Å². The molecule has 0 radical (unpaired) electrons. The molecule has 260 valence electrons. The summed E-state index contributed by atoms with van der Waals surface area (Å²) in [6.45, 7) is 0.714. The van der Waals surface area contributed by atoms with Gasteiger partial charge in [-0.2, -0.15) is 18.9 Å². The Kier molecular flexibility index (Phi) is 9.03. The molecule has 2 aliphatic rings. The van der Waals surface area contributed by atoms with E-state index in [4.69, 9.17) is 14.2 Å². The number of imide groups is 1. The normalized spacial score (nSPS) is 22.5. The number of para-hydroxylation sites is 2. The number of hydrogen-bond acceptors (Lipinski definition) is 13. The molecule has 4 unspecified atom stereocenters. The lowest BCUT2D eigenvalue weighted by Crippen LogP contribution is -2.81. The Morgan fingerprint density at radius 1 is 1.06 bits per heavy atom. The van der Waals surface area contributed by atoms with E-state index < -0.39 is 54.9 Å². The van der Waals surface area contributed by atoms with Gasteiger partial charge in [-0.25, -0.2) is 9.78 Å². The lowest BCUT2D eigenvalue weighted by Gasteiger charge is -2.55. The van der Waals surface area contributed by atoms with Crippen molar-refractivity contribution in [2.45, 2.75) is 29.3 Å². The molecule has 1 saturated heterocycles. The maximum Gasteiger partial charge on any atom is 0.366 e. The second kappa shape index (κ2) is 13.3. The predicted molar refractivity (Wildman–Crippen MR) is 180 cm³/mol. The van der Waals surface area contributed by atoms with Gasteiger partial charge in [-0.15, -0.1) is 0 Å². The SMILES string of the molecule is CCOc1ccccc1C1(C2CNc3ccccc32)C(=O)[N+](C(=O)[O-])(S(=O)(=O)c2ccc(OC)cc2OC)CC(C#N)N1c1cc(C#N)ccn1. The second-order valence-corrected chi connectivity index (χ2v) is 13.7. The van der Waals surface area contributed by atoms with Crippen LogP contribution >= 0.6 is 0 Å². The zero-order valence-corrected chi connectivity index (χ0v) is 28.6. The van der Waals surface area contributed by atoms with Gasteiger partial charge in [0.05, 0.1) is 38.5 Å². The minimum atomic E-state index is -5.38. The molecule has 0 spiro atoms. The van der Waals surface area contributed by atoms with Crippen molar-refractivity contribution in [3.05, 3.63) is 102 Å². The number of piperazine rings is 1. The number of rotatable bonds is 9. The Labute approximate surface area is 294 Å². The number of quaternary nitrogens is 1. The van der Waals surface area contributed by atoms with Crippen molar-refractivity contribution in [3.63, 3.8) is 0 Å². The highest BCUT2D eigenvalue weighted by Crippen LogP contribution is 2.56. The lowest BCUT2D eigenvalue weighted by atomic mass is 9.70. The van der Waals surface area contributed by atoms with Crippen LogP contribution in [0.3, 0.4) is 0 Å². The largest absolute Gasteiger partial charge is 0.497 e. The third-order valence-corrected chi connectivity index (χ3v) is 11.5. The Bertz CT molecular complexity index is 2230. The Morgan fingerprint density at radius 3 is 2.49 bits per heavy atom. The van der Waals surface area contributed by atoms with E-state index in [-0.39, 0.29) is 47.3 Å². The number of methoxy groups -OCH3 is 2. The van der Waals surface area contributed by atoms with Gasteiger partial charge in [0.1, 0.15) is 29.6 Å². The number of carbonyl (C=O) groups is 2. The number of fused-ring (bicyclic) bond motifs is 1. The van der Waals surface area contributed by atoms with Gasteiger partial charge in [0, 0.05) is 36.0 Å². The first-order chi connectivity index (χ1) is 24.6. The van der Waals surface area contributed by atoms with Crippen LogP contribution in [0.4, 0.5) is 16.3 Å². The number of ether oxygens (including phenoxy) is 3. The molecule has 3 aromatic carbocycles. The van der Waals surface area contributed by atoms with Crippen LogP contribution in [0.15, 0.2) is 90.0 Å². The minimum absolute atomic E-state index is 0.00289. The van der Waals surface area contributed by atoms with E-state index in [9.17, 15) is 20.4 Å². The van der Waals surface area contributed by atoms with Crippen molar-refractivity contribution in [1.82, 2.24) is 4.98 Å². The highest BCUT2D eigenvalue weighted by Gasteiger charge is 2.73. The average molecular weight is 709 g/mol. The summed E-state index contributed by atoms with van der Waals surface area (Å²) in [5.74, 6) is -2.43. The highest BCUT2D eigenvalue weighted by molar-refractivity contribution is 7.86.